The van der Waals surface area contributed by atoms with Crippen molar-refractivity contribution >= 4 is 42.1 Å². The highest BCUT2D eigenvalue weighted by molar-refractivity contribution is 7.09. The van der Waals surface area contributed by atoms with Gasteiger partial charge in [-0.3, -0.25) is 4.79 Å². The van der Waals surface area contributed by atoms with E-state index in [1.807, 2.05) is 28.5 Å². The van der Waals surface area contributed by atoms with Gasteiger partial charge >= 0.3 is 0 Å². The number of aromatic nitrogens is 1. The van der Waals surface area contributed by atoms with Crippen molar-refractivity contribution in [1.29, 1.82) is 0 Å². The van der Waals surface area contributed by atoms with Gasteiger partial charge in [0.2, 0.25) is 0 Å². The number of carbonyl (C=O) groups excluding carboxylic acids is 1. The predicted octanol–water partition coefficient (Wildman–Crippen LogP) is 3.01. The van der Waals surface area contributed by atoms with E-state index in [4.69, 9.17) is 0 Å². The first kappa shape index (κ1) is 19.9. The second-order valence-electron chi connectivity index (χ2n) is 5.34. The molecule has 1 aliphatic rings. The van der Waals surface area contributed by atoms with Crippen LogP contribution in [-0.2, 0) is 6.42 Å². The van der Waals surface area contributed by atoms with Crippen molar-refractivity contribution in [3.05, 3.63) is 52.0 Å². The van der Waals surface area contributed by atoms with Crippen molar-refractivity contribution in [3.63, 3.8) is 0 Å². The molecule has 0 unspecified atom stereocenters. The van der Waals surface area contributed by atoms with E-state index in [0.29, 0.717) is 5.69 Å². The van der Waals surface area contributed by atoms with Gasteiger partial charge in [0.15, 0.2) is 0 Å². The van der Waals surface area contributed by atoms with Gasteiger partial charge in [0.1, 0.15) is 5.69 Å². The van der Waals surface area contributed by atoms with Gasteiger partial charge in [0, 0.05) is 37.5 Å². The average Bonchev–Trinajstić information content (AvgIpc) is 2.97. The number of halogens is 2. The van der Waals surface area contributed by atoms with Crippen LogP contribution >= 0.6 is 36.2 Å². The fourth-order valence-corrected chi connectivity index (χ4v) is 3.35. The molecular weight excluding hydrogens is 353 g/mol. The third-order valence-corrected chi connectivity index (χ3v) is 4.58. The molecule has 1 aromatic heterocycles. The summed E-state index contributed by atoms with van der Waals surface area (Å²) in [6.45, 7) is 4.54. The third-order valence-electron chi connectivity index (χ3n) is 3.73. The minimum Gasteiger partial charge on any atom is -0.332 e. The van der Waals surface area contributed by atoms with Crippen molar-refractivity contribution in [3.8, 4) is 0 Å². The molecule has 2 heterocycles. The number of hydrogen-bond acceptors (Lipinski definition) is 4. The first-order valence-electron chi connectivity index (χ1n) is 7.24. The maximum atomic E-state index is 12.5. The van der Waals surface area contributed by atoms with Crippen LogP contribution < -0.4 is 5.32 Å². The number of rotatable bonds is 3. The van der Waals surface area contributed by atoms with Crippen molar-refractivity contribution < 1.29 is 4.79 Å². The molecule has 1 N–H and O–H groups in total. The third kappa shape index (κ3) is 4.91. The van der Waals surface area contributed by atoms with Crippen LogP contribution in [0.1, 0.15) is 28.0 Å². The second kappa shape index (κ2) is 9.23. The Hall–Kier alpha value is -1.14. The number of thiazole rings is 1. The summed E-state index contributed by atoms with van der Waals surface area (Å²) in [5.74, 6) is 0.0551. The number of nitrogens with one attached hydrogen (secondary N) is 1. The highest BCUT2D eigenvalue weighted by Gasteiger charge is 2.25. The fraction of sp³-hybridized carbons (Fsp3) is 0.375. The molecule has 4 nitrogen and oxygen atoms in total. The molecule has 0 saturated carbocycles. The Labute approximate surface area is 153 Å². The lowest BCUT2D eigenvalue weighted by atomic mass is 10.2. The maximum Gasteiger partial charge on any atom is 0.273 e. The Balaban J connectivity index is 0.00000132. The zero-order valence-corrected chi connectivity index (χ0v) is 15.3. The van der Waals surface area contributed by atoms with Gasteiger partial charge < -0.3 is 10.2 Å². The van der Waals surface area contributed by atoms with E-state index < -0.39 is 0 Å². The largest absolute Gasteiger partial charge is 0.332 e. The maximum absolute atomic E-state index is 12.5. The Morgan fingerprint density at radius 1 is 1.35 bits per heavy atom. The quantitative estimate of drug-likeness (QED) is 0.899. The summed E-state index contributed by atoms with van der Waals surface area (Å²) in [7, 11) is 0. The van der Waals surface area contributed by atoms with Gasteiger partial charge in [0.05, 0.1) is 5.01 Å². The number of benzene rings is 1. The van der Waals surface area contributed by atoms with Crippen LogP contribution in [0, 0.1) is 0 Å². The van der Waals surface area contributed by atoms with Crippen molar-refractivity contribution in [2.75, 3.05) is 19.6 Å². The van der Waals surface area contributed by atoms with Gasteiger partial charge in [-0.25, -0.2) is 4.98 Å². The Bertz CT molecular complexity index is 621. The summed E-state index contributed by atoms with van der Waals surface area (Å²) in [6.07, 6.45) is 0.788. The summed E-state index contributed by atoms with van der Waals surface area (Å²) in [5.41, 5.74) is 1.81. The highest BCUT2D eigenvalue weighted by atomic mass is 35.5. The molecule has 126 valence electrons. The van der Waals surface area contributed by atoms with E-state index in [0.717, 1.165) is 31.1 Å². The Morgan fingerprint density at radius 2 is 2.09 bits per heavy atom. The van der Waals surface area contributed by atoms with Crippen molar-refractivity contribution in [1.82, 2.24) is 15.2 Å². The molecule has 0 bridgehead atoms. The monoisotopic (exact) mass is 373 g/mol. The molecule has 7 heteroatoms. The highest BCUT2D eigenvalue weighted by Crippen LogP contribution is 2.17. The van der Waals surface area contributed by atoms with Crippen LogP contribution in [0.25, 0.3) is 0 Å². The van der Waals surface area contributed by atoms with Gasteiger partial charge in [0.25, 0.3) is 5.91 Å². The standard InChI is InChI=1S/C16H19N3OS.2ClH/c1-12-10-17-7-8-19(12)16(20)14-11-21-15(18-14)9-13-5-3-2-4-6-13;;/h2-6,11-12,17H,7-10H2,1H3;2*1H/t12-;;/m1../s1. The number of piperazine rings is 1. The van der Waals surface area contributed by atoms with Crippen LogP contribution in [0.5, 0.6) is 0 Å². The van der Waals surface area contributed by atoms with Gasteiger partial charge in [-0.2, -0.15) is 0 Å². The predicted molar refractivity (Wildman–Crippen MR) is 99.2 cm³/mol. The smallest absolute Gasteiger partial charge is 0.273 e. The zero-order chi connectivity index (χ0) is 14.7. The molecule has 23 heavy (non-hydrogen) atoms. The average molecular weight is 374 g/mol. The summed E-state index contributed by atoms with van der Waals surface area (Å²) in [6, 6.07) is 10.5. The Kier molecular flexibility index (Phi) is 7.99. The number of carbonyl (C=O) groups is 1. The summed E-state index contributed by atoms with van der Waals surface area (Å²) >= 11 is 1.56. The first-order valence-corrected chi connectivity index (χ1v) is 8.12. The molecule has 0 spiro atoms. The van der Waals surface area contributed by atoms with E-state index in [1.54, 1.807) is 11.3 Å². The van der Waals surface area contributed by atoms with Crippen molar-refractivity contribution in [2.24, 2.45) is 0 Å². The van der Waals surface area contributed by atoms with Crippen LogP contribution in [0.4, 0.5) is 0 Å². The SMILES string of the molecule is C[C@@H]1CNCCN1C(=O)c1csc(Cc2ccccc2)n1.Cl.Cl. The minimum atomic E-state index is 0. The summed E-state index contributed by atoms with van der Waals surface area (Å²) < 4.78 is 0. The van der Waals surface area contributed by atoms with E-state index in [1.165, 1.54) is 5.56 Å². The van der Waals surface area contributed by atoms with Crippen LogP contribution in [0.3, 0.4) is 0 Å². The lowest BCUT2D eigenvalue weighted by Crippen LogP contribution is -2.52. The van der Waals surface area contributed by atoms with E-state index in [2.05, 4.69) is 29.4 Å². The van der Waals surface area contributed by atoms with Gasteiger partial charge in [-0.1, -0.05) is 30.3 Å². The molecule has 3 rings (SSSR count). The summed E-state index contributed by atoms with van der Waals surface area (Å²) in [5, 5.41) is 6.17. The zero-order valence-electron chi connectivity index (χ0n) is 12.9. The normalized spacial score (nSPS) is 17.1. The number of hydrogen-bond donors (Lipinski definition) is 1. The molecule has 0 aliphatic carbocycles. The lowest BCUT2D eigenvalue weighted by Gasteiger charge is -2.33. The molecule has 1 amide bonds. The number of amides is 1. The van der Waals surface area contributed by atoms with Crippen LogP contribution in [-0.4, -0.2) is 41.5 Å². The molecule has 1 aromatic carbocycles. The van der Waals surface area contributed by atoms with Gasteiger partial charge in [-0.05, 0) is 12.5 Å². The molecule has 1 saturated heterocycles. The molecule has 1 fully saturated rings. The minimum absolute atomic E-state index is 0. The molecule has 1 atom stereocenters. The van der Waals surface area contributed by atoms with E-state index in [9.17, 15) is 4.79 Å². The molecule has 2 aromatic rings. The second-order valence-corrected chi connectivity index (χ2v) is 6.28. The molecule has 1 aliphatic heterocycles. The summed E-state index contributed by atoms with van der Waals surface area (Å²) in [4.78, 5) is 19.0. The van der Waals surface area contributed by atoms with Crippen LogP contribution in [0.2, 0.25) is 0 Å². The topological polar surface area (TPSA) is 45.2 Å². The fourth-order valence-electron chi connectivity index (χ4n) is 2.55. The molecular formula is C16H21Cl2N3OS. The first-order chi connectivity index (χ1) is 10.2. The van der Waals surface area contributed by atoms with E-state index in [-0.39, 0.29) is 36.8 Å². The number of nitrogens with zero attached hydrogens (tertiary/aromatic N) is 2. The van der Waals surface area contributed by atoms with E-state index >= 15 is 0 Å². The van der Waals surface area contributed by atoms with Crippen molar-refractivity contribution in [2.45, 2.75) is 19.4 Å². The van der Waals surface area contributed by atoms with Crippen LogP contribution in [0.15, 0.2) is 35.7 Å². The Morgan fingerprint density at radius 3 is 2.78 bits per heavy atom. The van der Waals surface area contributed by atoms with Gasteiger partial charge in [-0.15, -0.1) is 36.2 Å². The lowest BCUT2D eigenvalue weighted by molar-refractivity contribution is 0.0650. The molecule has 0 radical (unpaired) electrons.